The van der Waals surface area contributed by atoms with Crippen molar-refractivity contribution in [2.75, 3.05) is 13.1 Å². The van der Waals surface area contributed by atoms with Gasteiger partial charge in [0.2, 0.25) is 5.91 Å². The lowest BCUT2D eigenvalue weighted by Gasteiger charge is -2.45. The van der Waals surface area contributed by atoms with E-state index in [4.69, 9.17) is 4.43 Å². The number of rotatable bonds is 10. The molecule has 0 saturated carbocycles. The van der Waals surface area contributed by atoms with Crippen molar-refractivity contribution in [3.05, 3.63) is 73.3 Å². The van der Waals surface area contributed by atoms with Gasteiger partial charge in [0.15, 0.2) is 0 Å². The summed E-state index contributed by atoms with van der Waals surface area (Å²) >= 11 is 0. The Morgan fingerprint density at radius 2 is 1.53 bits per heavy atom. The van der Waals surface area contributed by atoms with Crippen LogP contribution in [0.15, 0.2) is 73.3 Å². The second-order valence-corrected chi connectivity index (χ2v) is 14.1. The molecular formula is C28H39NO2Si. The van der Waals surface area contributed by atoms with Crippen LogP contribution in [-0.4, -0.2) is 38.3 Å². The van der Waals surface area contributed by atoms with E-state index in [1.807, 2.05) is 11.0 Å². The molecule has 2 aromatic rings. The maximum absolute atomic E-state index is 12.8. The van der Waals surface area contributed by atoms with Crippen molar-refractivity contribution in [1.82, 2.24) is 4.90 Å². The Morgan fingerprint density at radius 3 is 2.00 bits per heavy atom. The third-order valence-corrected chi connectivity index (χ3v) is 11.7. The zero-order valence-electron chi connectivity index (χ0n) is 20.1. The van der Waals surface area contributed by atoms with Crippen LogP contribution in [-0.2, 0) is 9.22 Å². The van der Waals surface area contributed by atoms with Gasteiger partial charge in [-0.2, -0.15) is 0 Å². The summed E-state index contributed by atoms with van der Waals surface area (Å²) in [6.07, 6.45) is 7.33. The number of carbonyl (C=O) groups excluding carboxylic acids is 1. The number of likely N-dealkylation sites (tertiary alicyclic amines) is 1. The lowest BCUT2D eigenvalue weighted by molar-refractivity contribution is -0.130. The van der Waals surface area contributed by atoms with Crippen molar-refractivity contribution >= 4 is 24.6 Å². The van der Waals surface area contributed by atoms with Crippen LogP contribution in [0.3, 0.4) is 0 Å². The Kier molecular flexibility index (Phi) is 8.49. The van der Waals surface area contributed by atoms with Gasteiger partial charge in [-0.05, 0) is 47.5 Å². The Morgan fingerprint density at radius 1 is 1.00 bits per heavy atom. The van der Waals surface area contributed by atoms with Gasteiger partial charge >= 0.3 is 0 Å². The van der Waals surface area contributed by atoms with Gasteiger partial charge in [0.25, 0.3) is 8.32 Å². The van der Waals surface area contributed by atoms with Gasteiger partial charge in [0, 0.05) is 25.6 Å². The molecule has 1 heterocycles. The molecule has 3 nitrogen and oxygen atoms in total. The first-order valence-electron chi connectivity index (χ1n) is 12.1. The Bertz CT molecular complexity index is 815. The van der Waals surface area contributed by atoms with Gasteiger partial charge in [-0.3, -0.25) is 4.79 Å². The third kappa shape index (κ3) is 5.60. The lowest BCUT2D eigenvalue weighted by atomic mass is 10.1. The first-order chi connectivity index (χ1) is 15.4. The number of allylic oxidation sites excluding steroid dienone is 1. The molecule has 0 bridgehead atoms. The number of benzene rings is 2. The molecule has 4 heteroatoms. The average Bonchev–Trinajstić information content (AvgIpc) is 3.34. The Labute approximate surface area is 195 Å². The van der Waals surface area contributed by atoms with Crippen LogP contribution in [0.5, 0.6) is 0 Å². The summed E-state index contributed by atoms with van der Waals surface area (Å²) in [6.45, 7) is 12.7. The minimum atomic E-state index is -2.63. The first-order valence-corrected chi connectivity index (χ1v) is 14.0. The Balaban J connectivity index is 1.95. The molecule has 1 aliphatic heterocycles. The fourth-order valence-corrected chi connectivity index (χ4v) is 9.67. The molecule has 0 aromatic heterocycles. The maximum atomic E-state index is 12.8. The molecule has 3 rings (SSSR count). The second kappa shape index (κ2) is 11.1. The fraction of sp³-hybridized carbons (Fsp3) is 0.464. The molecule has 1 unspecified atom stereocenters. The molecule has 1 saturated heterocycles. The lowest BCUT2D eigenvalue weighted by Crippen LogP contribution is -2.67. The fourth-order valence-electron chi connectivity index (χ4n) is 4.92. The molecule has 2 aromatic carbocycles. The van der Waals surface area contributed by atoms with E-state index in [0.29, 0.717) is 6.42 Å². The highest BCUT2D eigenvalue weighted by atomic mass is 28.4. The van der Waals surface area contributed by atoms with Crippen molar-refractivity contribution in [3.63, 3.8) is 0 Å². The van der Waals surface area contributed by atoms with Crippen molar-refractivity contribution < 1.29 is 9.22 Å². The smallest absolute Gasteiger partial charge is 0.261 e. The van der Waals surface area contributed by atoms with Crippen LogP contribution < -0.4 is 10.4 Å². The van der Waals surface area contributed by atoms with Crippen LogP contribution in [0.1, 0.15) is 59.3 Å². The Hall–Kier alpha value is -2.17. The molecule has 0 aliphatic carbocycles. The summed E-state index contributed by atoms with van der Waals surface area (Å²) in [5, 5.41) is 2.50. The second-order valence-electron chi connectivity index (χ2n) is 9.90. The topological polar surface area (TPSA) is 29.5 Å². The van der Waals surface area contributed by atoms with Gasteiger partial charge in [-0.15, -0.1) is 6.58 Å². The van der Waals surface area contributed by atoms with E-state index in [9.17, 15) is 4.79 Å². The van der Waals surface area contributed by atoms with Crippen molar-refractivity contribution in [2.24, 2.45) is 0 Å². The number of carbonyl (C=O) groups is 1. The molecule has 1 aliphatic rings. The van der Waals surface area contributed by atoms with E-state index in [-0.39, 0.29) is 17.0 Å². The number of nitrogens with zero attached hydrogens (tertiary/aromatic N) is 1. The minimum Gasteiger partial charge on any atom is -0.404 e. The molecule has 172 valence electrons. The van der Waals surface area contributed by atoms with E-state index in [1.165, 1.54) is 10.4 Å². The van der Waals surface area contributed by atoms with E-state index in [1.54, 1.807) is 0 Å². The molecule has 1 atom stereocenters. The van der Waals surface area contributed by atoms with Crippen molar-refractivity contribution in [2.45, 2.75) is 70.4 Å². The highest BCUT2D eigenvalue weighted by molar-refractivity contribution is 6.99. The third-order valence-electron chi connectivity index (χ3n) is 6.59. The van der Waals surface area contributed by atoms with Gasteiger partial charge in [0.1, 0.15) is 0 Å². The van der Waals surface area contributed by atoms with E-state index >= 15 is 0 Å². The number of hydrogen-bond donors (Lipinski definition) is 0. The molecular weight excluding hydrogens is 410 g/mol. The van der Waals surface area contributed by atoms with Gasteiger partial charge < -0.3 is 9.33 Å². The summed E-state index contributed by atoms with van der Waals surface area (Å²) in [5.74, 6) is 0.275. The molecule has 32 heavy (non-hydrogen) atoms. The predicted octanol–water partition coefficient (Wildman–Crippen LogP) is 5.30. The highest BCUT2D eigenvalue weighted by Gasteiger charge is 2.51. The maximum Gasteiger partial charge on any atom is 0.261 e. The standard InChI is InChI=1S/C28H39NO2Si/c1-5-6-15-24(20-21-27(30)29-22-13-14-23-29)31-32(28(2,3)4,25-16-9-7-10-17-25)26-18-11-8-12-19-26/h5,7-12,16-19,24H,1,6,13-15,20-23H2,2-4H3. The predicted molar refractivity (Wildman–Crippen MR) is 137 cm³/mol. The number of amides is 1. The molecule has 1 fully saturated rings. The first kappa shape index (κ1) is 24.5. The molecule has 0 spiro atoms. The van der Waals surface area contributed by atoms with E-state index in [0.717, 1.165) is 45.2 Å². The average molecular weight is 450 g/mol. The summed E-state index contributed by atoms with van der Waals surface area (Å²) in [7, 11) is -2.63. The largest absolute Gasteiger partial charge is 0.404 e. The quantitative estimate of drug-likeness (QED) is 0.364. The molecule has 0 radical (unpaired) electrons. The summed E-state index contributed by atoms with van der Waals surface area (Å²) in [6, 6.07) is 21.5. The highest BCUT2D eigenvalue weighted by Crippen LogP contribution is 2.38. The normalized spacial score (nSPS) is 15.5. The minimum absolute atomic E-state index is 0.0193. The summed E-state index contributed by atoms with van der Waals surface area (Å²) in [5.41, 5.74) is 0. The zero-order valence-corrected chi connectivity index (χ0v) is 21.1. The van der Waals surface area contributed by atoms with Crippen molar-refractivity contribution in [1.29, 1.82) is 0 Å². The summed E-state index contributed by atoms with van der Waals surface area (Å²) in [4.78, 5) is 14.8. The van der Waals surface area contributed by atoms with E-state index < -0.39 is 8.32 Å². The summed E-state index contributed by atoms with van der Waals surface area (Å²) < 4.78 is 7.31. The zero-order chi connectivity index (χ0) is 23.0. The molecule has 1 amide bonds. The van der Waals surface area contributed by atoms with Crippen molar-refractivity contribution in [3.8, 4) is 0 Å². The SMILES string of the molecule is C=CCCC(CCC(=O)N1CCCC1)O[Si](c1ccccc1)(c1ccccc1)C(C)(C)C. The molecule has 0 N–H and O–H groups in total. The van der Waals surface area contributed by atoms with Gasteiger partial charge in [0.05, 0.1) is 0 Å². The monoisotopic (exact) mass is 449 g/mol. The van der Waals surface area contributed by atoms with Crippen LogP contribution in [0.25, 0.3) is 0 Å². The van der Waals surface area contributed by atoms with Crippen LogP contribution in [0.2, 0.25) is 5.04 Å². The van der Waals surface area contributed by atoms with Crippen LogP contribution >= 0.6 is 0 Å². The van der Waals surface area contributed by atoms with Crippen LogP contribution in [0.4, 0.5) is 0 Å². The van der Waals surface area contributed by atoms with Crippen LogP contribution in [0, 0.1) is 0 Å². The number of hydrogen-bond acceptors (Lipinski definition) is 2. The van der Waals surface area contributed by atoms with E-state index in [2.05, 4.69) is 88.0 Å². The van der Waals surface area contributed by atoms with Gasteiger partial charge in [-0.25, -0.2) is 0 Å². The van der Waals surface area contributed by atoms with Gasteiger partial charge in [-0.1, -0.05) is 87.5 Å².